The summed E-state index contributed by atoms with van der Waals surface area (Å²) in [5.74, 6) is 0.636. The molecule has 2 aliphatic rings. The van der Waals surface area contributed by atoms with Crippen LogP contribution in [0.1, 0.15) is 25.5 Å². The molecule has 3 rings (SSSR count). The Labute approximate surface area is 139 Å². The van der Waals surface area contributed by atoms with Gasteiger partial charge in [-0.2, -0.15) is 17.0 Å². The van der Waals surface area contributed by atoms with Gasteiger partial charge in [-0.1, -0.05) is 13.0 Å². The summed E-state index contributed by atoms with van der Waals surface area (Å²) in [6.07, 6.45) is 3.74. The van der Waals surface area contributed by atoms with Crippen LogP contribution < -0.4 is 0 Å². The fourth-order valence-corrected chi connectivity index (χ4v) is 4.84. The van der Waals surface area contributed by atoms with Crippen LogP contribution in [0, 0.1) is 5.92 Å². The van der Waals surface area contributed by atoms with Gasteiger partial charge in [0.1, 0.15) is 0 Å². The molecule has 2 aliphatic heterocycles. The molecule has 7 heteroatoms. The molecule has 0 unspecified atom stereocenters. The summed E-state index contributed by atoms with van der Waals surface area (Å²) in [5, 5.41) is 0. The zero-order chi connectivity index (χ0) is 16.3. The lowest BCUT2D eigenvalue weighted by molar-refractivity contribution is 0.169. The van der Waals surface area contributed by atoms with Gasteiger partial charge < -0.3 is 0 Å². The Morgan fingerprint density at radius 1 is 1.04 bits per heavy atom. The molecule has 0 atom stereocenters. The predicted molar refractivity (Wildman–Crippen MR) is 90.0 cm³/mol. The van der Waals surface area contributed by atoms with Crippen molar-refractivity contribution in [3.8, 4) is 0 Å². The van der Waals surface area contributed by atoms with Crippen molar-refractivity contribution < 1.29 is 8.42 Å². The normalized spacial score (nSPS) is 23.2. The van der Waals surface area contributed by atoms with E-state index in [0.717, 1.165) is 38.2 Å². The van der Waals surface area contributed by atoms with E-state index in [0.29, 0.717) is 32.1 Å². The number of pyridine rings is 1. The van der Waals surface area contributed by atoms with E-state index in [4.69, 9.17) is 0 Å². The van der Waals surface area contributed by atoms with Gasteiger partial charge in [-0.15, -0.1) is 0 Å². The summed E-state index contributed by atoms with van der Waals surface area (Å²) in [4.78, 5) is 6.61. The first-order valence-corrected chi connectivity index (χ1v) is 9.83. The molecule has 0 spiro atoms. The molecule has 1 aromatic heterocycles. The van der Waals surface area contributed by atoms with Crippen LogP contribution in [0.2, 0.25) is 0 Å². The second kappa shape index (κ2) is 7.25. The smallest absolute Gasteiger partial charge is 0.282 e. The van der Waals surface area contributed by atoms with Gasteiger partial charge in [0.05, 0.1) is 5.69 Å². The summed E-state index contributed by atoms with van der Waals surface area (Å²) in [6.45, 7) is 6.98. The summed E-state index contributed by atoms with van der Waals surface area (Å²) in [5.41, 5.74) is 1.04. The first-order valence-electron chi connectivity index (χ1n) is 8.43. The summed E-state index contributed by atoms with van der Waals surface area (Å²) >= 11 is 0. The molecule has 1 aromatic rings. The molecule has 23 heavy (non-hydrogen) atoms. The predicted octanol–water partition coefficient (Wildman–Crippen LogP) is 1.18. The maximum absolute atomic E-state index is 12.7. The Morgan fingerprint density at radius 2 is 1.70 bits per heavy atom. The molecule has 0 radical (unpaired) electrons. The van der Waals surface area contributed by atoms with Crippen molar-refractivity contribution in [2.75, 3.05) is 39.3 Å². The molecule has 3 heterocycles. The van der Waals surface area contributed by atoms with E-state index in [1.807, 2.05) is 18.2 Å². The average Bonchev–Trinajstić information content (AvgIpc) is 2.57. The Morgan fingerprint density at radius 3 is 2.30 bits per heavy atom. The minimum atomic E-state index is -3.28. The van der Waals surface area contributed by atoms with Crippen molar-refractivity contribution in [1.82, 2.24) is 18.5 Å². The maximum atomic E-state index is 12.7. The van der Waals surface area contributed by atoms with Crippen LogP contribution >= 0.6 is 0 Å². The summed E-state index contributed by atoms with van der Waals surface area (Å²) in [7, 11) is -3.28. The second-order valence-corrected chi connectivity index (χ2v) is 8.51. The van der Waals surface area contributed by atoms with E-state index in [1.165, 1.54) is 0 Å². The topological polar surface area (TPSA) is 56.8 Å². The van der Waals surface area contributed by atoms with Gasteiger partial charge in [0.2, 0.25) is 0 Å². The summed E-state index contributed by atoms with van der Waals surface area (Å²) in [6, 6.07) is 5.91. The van der Waals surface area contributed by atoms with Crippen molar-refractivity contribution in [3.63, 3.8) is 0 Å². The van der Waals surface area contributed by atoms with Crippen molar-refractivity contribution in [2.24, 2.45) is 5.92 Å². The summed E-state index contributed by atoms with van der Waals surface area (Å²) < 4.78 is 28.8. The van der Waals surface area contributed by atoms with Crippen LogP contribution in [0.4, 0.5) is 0 Å². The molecule has 0 amide bonds. The standard InChI is InChI=1S/C16H26N4O2S/c1-15-5-8-19(9-6-15)23(21,22)20-12-10-18(11-13-20)14-16-4-2-3-7-17-16/h2-4,7,15H,5-6,8-14H2,1H3. The van der Waals surface area contributed by atoms with E-state index in [2.05, 4.69) is 16.8 Å². The lowest BCUT2D eigenvalue weighted by atomic mass is 10.0. The van der Waals surface area contributed by atoms with Crippen LogP contribution in [0.25, 0.3) is 0 Å². The number of hydrogen-bond donors (Lipinski definition) is 0. The highest BCUT2D eigenvalue weighted by Crippen LogP contribution is 2.21. The third kappa shape index (κ3) is 4.09. The Kier molecular flexibility index (Phi) is 5.31. The van der Waals surface area contributed by atoms with E-state index in [-0.39, 0.29) is 0 Å². The van der Waals surface area contributed by atoms with Crippen molar-refractivity contribution >= 4 is 10.2 Å². The maximum Gasteiger partial charge on any atom is 0.282 e. The quantitative estimate of drug-likeness (QED) is 0.827. The minimum absolute atomic E-state index is 0.571. The minimum Gasteiger partial charge on any atom is -0.295 e. The van der Waals surface area contributed by atoms with E-state index in [1.54, 1.807) is 14.8 Å². The van der Waals surface area contributed by atoms with Gasteiger partial charge in [0, 0.05) is 52.0 Å². The number of hydrogen-bond acceptors (Lipinski definition) is 4. The lowest BCUT2D eigenvalue weighted by Gasteiger charge is -2.38. The molecule has 0 N–H and O–H groups in total. The Bertz CT molecular complexity index is 592. The van der Waals surface area contributed by atoms with Crippen LogP contribution in [-0.2, 0) is 16.8 Å². The number of piperazine rings is 1. The van der Waals surface area contributed by atoms with Gasteiger partial charge in [-0.05, 0) is 30.9 Å². The molecule has 0 aromatic carbocycles. The highest BCUT2D eigenvalue weighted by atomic mass is 32.2. The third-order valence-corrected chi connectivity index (χ3v) is 6.87. The number of rotatable bonds is 4. The largest absolute Gasteiger partial charge is 0.295 e. The fourth-order valence-electron chi connectivity index (χ4n) is 3.22. The lowest BCUT2D eigenvalue weighted by Crippen LogP contribution is -2.54. The zero-order valence-corrected chi connectivity index (χ0v) is 14.6. The zero-order valence-electron chi connectivity index (χ0n) is 13.8. The Hall–Kier alpha value is -1.02. The van der Waals surface area contributed by atoms with Crippen molar-refractivity contribution in [3.05, 3.63) is 30.1 Å². The average molecular weight is 338 g/mol. The second-order valence-electron chi connectivity index (χ2n) is 6.59. The fraction of sp³-hybridized carbons (Fsp3) is 0.688. The molecule has 128 valence electrons. The highest BCUT2D eigenvalue weighted by molar-refractivity contribution is 7.86. The monoisotopic (exact) mass is 338 g/mol. The molecule has 0 aliphatic carbocycles. The van der Waals surface area contributed by atoms with Crippen LogP contribution in [0.5, 0.6) is 0 Å². The molecular weight excluding hydrogens is 312 g/mol. The first-order chi connectivity index (χ1) is 11.1. The highest BCUT2D eigenvalue weighted by Gasteiger charge is 2.33. The molecule has 6 nitrogen and oxygen atoms in total. The molecule has 0 bridgehead atoms. The van der Waals surface area contributed by atoms with E-state index < -0.39 is 10.2 Å². The third-order valence-electron chi connectivity index (χ3n) is 4.84. The first kappa shape index (κ1) is 16.8. The number of aromatic nitrogens is 1. The molecule has 2 saturated heterocycles. The van der Waals surface area contributed by atoms with Crippen LogP contribution in [0.3, 0.4) is 0 Å². The van der Waals surface area contributed by atoms with Gasteiger partial charge in [-0.3, -0.25) is 9.88 Å². The molecule has 2 fully saturated rings. The van der Waals surface area contributed by atoms with Crippen LogP contribution in [-0.4, -0.2) is 66.2 Å². The van der Waals surface area contributed by atoms with Crippen molar-refractivity contribution in [1.29, 1.82) is 0 Å². The van der Waals surface area contributed by atoms with Gasteiger partial charge in [0.25, 0.3) is 10.2 Å². The van der Waals surface area contributed by atoms with E-state index >= 15 is 0 Å². The van der Waals surface area contributed by atoms with E-state index in [9.17, 15) is 8.42 Å². The van der Waals surface area contributed by atoms with Gasteiger partial charge >= 0.3 is 0 Å². The van der Waals surface area contributed by atoms with Gasteiger partial charge in [-0.25, -0.2) is 0 Å². The SMILES string of the molecule is CC1CCN(S(=O)(=O)N2CCN(Cc3ccccn3)CC2)CC1. The number of nitrogens with zero attached hydrogens (tertiary/aromatic N) is 4. The van der Waals surface area contributed by atoms with Gasteiger partial charge in [0.15, 0.2) is 0 Å². The van der Waals surface area contributed by atoms with Crippen molar-refractivity contribution in [2.45, 2.75) is 26.3 Å². The molecule has 0 saturated carbocycles. The number of piperidine rings is 1. The Balaban J connectivity index is 1.54. The van der Waals surface area contributed by atoms with Crippen LogP contribution in [0.15, 0.2) is 24.4 Å². The molecular formula is C16H26N4O2S.